The summed E-state index contributed by atoms with van der Waals surface area (Å²) in [6, 6.07) is 10.1. The minimum absolute atomic E-state index is 0.111. The molecule has 2 aromatic carbocycles. The molecular formula is C16H10F6. The molecule has 0 radical (unpaired) electrons. The minimum atomic E-state index is -4.84. The lowest BCUT2D eigenvalue weighted by atomic mass is 10.0. The predicted molar refractivity (Wildman–Crippen MR) is 71.8 cm³/mol. The van der Waals surface area contributed by atoms with E-state index >= 15 is 0 Å². The van der Waals surface area contributed by atoms with Gasteiger partial charge in [0.15, 0.2) is 0 Å². The van der Waals surface area contributed by atoms with Crippen molar-refractivity contribution < 1.29 is 26.3 Å². The van der Waals surface area contributed by atoms with E-state index in [-0.39, 0.29) is 11.6 Å². The molecule has 0 aliphatic heterocycles. The van der Waals surface area contributed by atoms with Gasteiger partial charge in [0.25, 0.3) is 0 Å². The minimum Gasteiger partial charge on any atom is -0.166 e. The van der Waals surface area contributed by atoms with Crippen LogP contribution in [0.4, 0.5) is 26.3 Å². The first kappa shape index (κ1) is 16.1. The van der Waals surface area contributed by atoms with Crippen molar-refractivity contribution in [3.05, 3.63) is 70.8 Å². The van der Waals surface area contributed by atoms with Crippen molar-refractivity contribution in [1.82, 2.24) is 0 Å². The highest BCUT2D eigenvalue weighted by molar-refractivity contribution is 5.70. The summed E-state index contributed by atoms with van der Waals surface area (Å²) in [4.78, 5) is 0. The van der Waals surface area contributed by atoms with Crippen molar-refractivity contribution in [2.45, 2.75) is 12.4 Å². The average Bonchev–Trinajstić information content (AvgIpc) is 2.44. The zero-order chi connectivity index (χ0) is 16.4. The normalized spacial score (nSPS) is 12.8. The first-order valence-electron chi connectivity index (χ1n) is 6.19. The van der Waals surface area contributed by atoms with E-state index in [1.807, 2.05) is 0 Å². The molecule has 116 valence electrons. The summed E-state index contributed by atoms with van der Waals surface area (Å²) in [6.07, 6.45) is -7.00. The molecule has 0 bridgehead atoms. The van der Waals surface area contributed by atoms with Crippen LogP contribution in [0, 0.1) is 0 Å². The van der Waals surface area contributed by atoms with Crippen molar-refractivity contribution in [3.8, 4) is 0 Å². The van der Waals surface area contributed by atoms with Gasteiger partial charge in [0.1, 0.15) is 0 Å². The van der Waals surface area contributed by atoms with Crippen LogP contribution in [0.5, 0.6) is 0 Å². The summed E-state index contributed by atoms with van der Waals surface area (Å²) in [5, 5.41) is 0. The Kier molecular flexibility index (Phi) is 4.30. The molecule has 0 N–H and O–H groups in total. The first-order valence-corrected chi connectivity index (χ1v) is 6.19. The maximum atomic E-state index is 12.7. The van der Waals surface area contributed by atoms with Crippen molar-refractivity contribution in [3.63, 3.8) is 0 Å². The summed E-state index contributed by atoms with van der Waals surface area (Å²) in [6.45, 7) is 0. The van der Waals surface area contributed by atoms with Gasteiger partial charge in [-0.3, -0.25) is 0 Å². The monoisotopic (exact) mass is 316 g/mol. The molecule has 0 fully saturated rings. The number of benzene rings is 2. The maximum absolute atomic E-state index is 12.7. The van der Waals surface area contributed by atoms with Crippen LogP contribution in [0.25, 0.3) is 12.2 Å². The molecule has 2 rings (SSSR count). The summed E-state index contributed by atoms with van der Waals surface area (Å²) < 4.78 is 76.2. The average molecular weight is 316 g/mol. The molecule has 0 aliphatic rings. The van der Waals surface area contributed by atoms with Crippen molar-refractivity contribution in [2.24, 2.45) is 0 Å². The van der Waals surface area contributed by atoms with E-state index in [0.717, 1.165) is 0 Å². The molecule has 6 heteroatoms. The van der Waals surface area contributed by atoms with Gasteiger partial charge in [0.05, 0.1) is 11.1 Å². The third-order valence-electron chi connectivity index (χ3n) is 2.88. The van der Waals surface area contributed by atoms with Crippen LogP contribution in [0.1, 0.15) is 22.3 Å². The Bertz CT molecular complexity index is 633. The molecule has 0 aliphatic carbocycles. The van der Waals surface area contributed by atoms with Crippen LogP contribution < -0.4 is 0 Å². The van der Waals surface area contributed by atoms with Crippen molar-refractivity contribution in [1.29, 1.82) is 0 Å². The van der Waals surface area contributed by atoms with Gasteiger partial charge < -0.3 is 0 Å². The molecule has 0 saturated heterocycles. The van der Waals surface area contributed by atoms with E-state index in [0.29, 0.717) is 17.7 Å². The van der Waals surface area contributed by atoms with Gasteiger partial charge in [-0.15, -0.1) is 0 Å². The van der Waals surface area contributed by atoms with Gasteiger partial charge >= 0.3 is 12.4 Å². The second kappa shape index (κ2) is 5.87. The molecule has 22 heavy (non-hydrogen) atoms. The smallest absolute Gasteiger partial charge is 0.166 e. The molecule has 0 atom stereocenters. The largest absolute Gasteiger partial charge is 0.416 e. The highest BCUT2D eigenvalue weighted by atomic mass is 19.4. The van der Waals surface area contributed by atoms with E-state index in [4.69, 9.17) is 0 Å². The molecule has 0 saturated carbocycles. The van der Waals surface area contributed by atoms with Crippen molar-refractivity contribution >= 4 is 12.2 Å². The highest BCUT2D eigenvalue weighted by Gasteiger charge is 2.36. The Morgan fingerprint density at radius 3 is 1.50 bits per heavy atom. The Morgan fingerprint density at radius 1 is 0.591 bits per heavy atom. The van der Waals surface area contributed by atoms with E-state index < -0.39 is 23.5 Å². The Morgan fingerprint density at radius 2 is 1.05 bits per heavy atom. The van der Waals surface area contributed by atoms with Crippen molar-refractivity contribution in [2.75, 3.05) is 0 Å². The highest BCUT2D eigenvalue weighted by Crippen LogP contribution is 2.36. The second-order valence-electron chi connectivity index (χ2n) is 4.58. The van der Waals surface area contributed by atoms with Gasteiger partial charge in [0, 0.05) is 0 Å². The summed E-state index contributed by atoms with van der Waals surface area (Å²) in [7, 11) is 0. The molecular weight excluding hydrogens is 306 g/mol. The number of alkyl halides is 6. The second-order valence-corrected chi connectivity index (χ2v) is 4.58. The molecule has 0 aromatic heterocycles. The summed E-state index contributed by atoms with van der Waals surface area (Å²) in [5.41, 5.74) is -2.13. The summed E-state index contributed by atoms with van der Waals surface area (Å²) >= 11 is 0. The number of rotatable bonds is 2. The van der Waals surface area contributed by atoms with Crippen LogP contribution in [0.3, 0.4) is 0 Å². The van der Waals surface area contributed by atoms with Gasteiger partial charge in [-0.2, -0.15) is 26.3 Å². The van der Waals surface area contributed by atoms with E-state index in [2.05, 4.69) is 0 Å². The Labute approximate surface area is 122 Å². The summed E-state index contributed by atoms with van der Waals surface area (Å²) in [5.74, 6) is 0. The van der Waals surface area contributed by atoms with E-state index in [9.17, 15) is 26.3 Å². The first-order chi connectivity index (χ1) is 10.2. The molecule has 0 unspecified atom stereocenters. The standard InChI is InChI=1S/C16H10F6/c17-15(18,19)13-8-12(9-14(10-13)16(20,21)22)7-6-11-4-2-1-3-5-11/h1-10H/b7-6-. The van der Waals surface area contributed by atoms with E-state index in [1.54, 1.807) is 30.3 Å². The lowest BCUT2D eigenvalue weighted by molar-refractivity contribution is -0.143. The molecule has 2 aromatic rings. The van der Waals surface area contributed by atoms with Gasteiger partial charge in [-0.1, -0.05) is 42.5 Å². The predicted octanol–water partition coefficient (Wildman–Crippen LogP) is 5.89. The molecule has 0 heterocycles. The molecule has 0 nitrogen and oxygen atoms in total. The lowest BCUT2D eigenvalue weighted by Gasteiger charge is -2.12. The number of hydrogen-bond donors (Lipinski definition) is 0. The van der Waals surface area contributed by atoms with Crippen LogP contribution >= 0.6 is 0 Å². The molecule has 0 amide bonds. The van der Waals surface area contributed by atoms with Crippen LogP contribution in [-0.4, -0.2) is 0 Å². The fraction of sp³-hybridized carbons (Fsp3) is 0.125. The van der Waals surface area contributed by atoms with Gasteiger partial charge in [-0.05, 0) is 29.3 Å². The van der Waals surface area contributed by atoms with Crippen LogP contribution in [0.15, 0.2) is 48.5 Å². The van der Waals surface area contributed by atoms with E-state index in [1.165, 1.54) is 12.2 Å². The number of hydrogen-bond acceptors (Lipinski definition) is 0. The fourth-order valence-electron chi connectivity index (χ4n) is 1.83. The zero-order valence-corrected chi connectivity index (χ0v) is 11.0. The van der Waals surface area contributed by atoms with Gasteiger partial charge in [-0.25, -0.2) is 0 Å². The fourth-order valence-corrected chi connectivity index (χ4v) is 1.83. The topological polar surface area (TPSA) is 0 Å². The maximum Gasteiger partial charge on any atom is 0.416 e. The quantitative estimate of drug-likeness (QED) is 0.478. The van der Waals surface area contributed by atoms with Crippen LogP contribution in [0.2, 0.25) is 0 Å². The SMILES string of the molecule is FC(F)(F)c1cc(/C=C\c2ccccc2)cc(C(F)(F)F)c1. The number of halogens is 6. The third kappa shape index (κ3) is 4.13. The third-order valence-corrected chi connectivity index (χ3v) is 2.88. The van der Waals surface area contributed by atoms with Crippen LogP contribution in [-0.2, 0) is 12.4 Å². The van der Waals surface area contributed by atoms with Gasteiger partial charge in [0.2, 0.25) is 0 Å². The molecule has 0 spiro atoms. The Balaban J connectivity index is 2.45. The Hall–Kier alpha value is -2.24. The zero-order valence-electron chi connectivity index (χ0n) is 11.0. The lowest BCUT2D eigenvalue weighted by Crippen LogP contribution is -2.11.